The Morgan fingerprint density at radius 3 is 2.44 bits per heavy atom. The third kappa shape index (κ3) is 5.46. The van der Waals surface area contributed by atoms with E-state index in [0.717, 1.165) is 10.0 Å². The van der Waals surface area contributed by atoms with Crippen molar-refractivity contribution < 1.29 is 9.50 Å². The first-order chi connectivity index (χ1) is 8.09. The molecule has 2 N–H and O–H groups in total. The molecule has 0 spiro atoms. The monoisotopic (exact) mass is 317 g/mol. The zero-order valence-electron chi connectivity index (χ0n) is 11.3. The van der Waals surface area contributed by atoms with Crippen molar-refractivity contribution in [1.29, 1.82) is 0 Å². The minimum Gasteiger partial charge on any atom is -0.389 e. The maximum atomic E-state index is 13.2. The predicted molar refractivity (Wildman–Crippen MR) is 76.2 cm³/mol. The molecule has 4 heteroatoms. The van der Waals surface area contributed by atoms with Crippen molar-refractivity contribution in [1.82, 2.24) is 5.32 Å². The molecule has 0 amide bonds. The summed E-state index contributed by atoms with van der Waals surface area (Å²) in [5.41, 5.74) is -0.192. The number of rotatable bonds is 4. The van der Waals surface area contributed by atoms with E-state index in [0.29, 0.717) is 13.0 Å². The molecule has 1 aromatic carbocycles. The average Bonchev–Trinajstić information content (AvgIpc) is 2.20. The SMILES string of the molecule is CC(O)(CNC(C)(C)C)Cc1cc(F)ccc1Br. The van der Waals surface area contributed by atoms with E-state index in [1.807, 2.05) is 20.8 Å². The van der Waals surface area contributed by atoms with E-state index >= 15 is 0 Å². The van der Waals surface area contributed by atoms with Crippen molar-refractivity contribution in [2.24, 2.45) is 0 Å². The minimum atomic E-state index is -0.913. The van der Waals surface area contributed by atoms with Gasteiger partial charge in [-0.2, -0.15) is 0 Å². The van der Waals surface area contributed by atoms with Gasteiger partial charge in [0.05, 0.1) is 5.60 Å². The lowest BCUT2D eigenvalue weighted by Crippen LogP contribution is -2.47. The summed E-state index contributed by atoms with van der Waals surface area (Å²) in [4.78, 5) is 0. The third-order valence-electron chi connectivity index (χ3n) is 2.58. The molecule has 0 aliphatic carbocycles. The summed E-state index contributed by atoms with van der Waals surface area (Å²) >= 11 is 3.38. The second-order valence-corrected chi connectivity index (χ2v) is 6.87. The molecular weight excluding hydrogens is 297 g/mol. The van der Waals surface area contributed by atoms with Crippen molar-refractivity contribution in [2.75, 3.05) is 6.54 Å². The van der Waals surface area contributed by atoms with E-state index in [4.69, 9.17) is 0 Å². The number of hydrogen-bond donors (Lipinski definition) is 2. The number of aliphatic hydroxyl groups is 1. The molecule has 1 rings (SSSR count). The number of β-amino-alcohol motifs (C(OH)–C–C–N with tert-alkyl or cyclic N) is 1. The van der Waals surface area contributed by atoms with Gasteiger partial charge in [0.1, 0.15) is 5.82 Å². The first-order valence-electron chi connectivity index (χ1n) is 6.00. The lowest BCUT2D eigenvalue weighted by molar-refractivity contribution is 0.0533. The highest BCUT2D eigenvalue weighted by Crippen LogP contribution is 2.23. The lowest BCUT2D eigenvalue weighted by Gasteiger charge is -2.29. The number of benzene rings is 1. The topological polar surface area (TPSA) is 32.3 Å². The fraction of sp³-hybridized carbons (Fsp3) is 0.571. The maximum Gasteiger partial charge on any atom is 0.123 e. The zero-order chi connectivity index (χ0) is 14.0. The molecule has 2 nitrogen and oxygen atoms in total. The van der Waals surface area contributed by atoms with Crippen molar-refractivity contribution in [3.05, 3.63) is 34.1 Å². The number of halogens is 2. The predicted octanol–water partition coefficient (Wildman–Crippen LogP) is 3.27. The van der Waals surface area contributed by atoms with E-state index in [-0.39, 0.29) is 11.4 Å². The Kier molecular flexibility index (Phi) is 4.92. The van der Waals surface area contributed by atoms with Crippen LogP contribution in [0.4, 0.5) is 4.39 Å². The van der Waals surface area contributed by atoms with E-state index in [9.17, 15) is 9.50 Å². The highest BCUT2D eigenvalue weighted by molar-refractivity contribution is 9.10. The Morgan fingerprint density at radius 1 is 1.28 bits per heavy atom. The van der Waals surface area contributed by atoms with Gasteiger partial charge in [-0.1, -0.05) is 15.9 Å². The van der Waals surface area contributed by atoms with Crippen LogP contribution in [0, 0.1) is 5.82 Å². The molecule has 1 aromatic rings. The van der Waals surface area contributed by atoms with Crippen LogP contribution in [0.1, 0.15) is 33.3 Å². The highest BCUT2D eigenvalue weighted by Gasteiger charge is 2.24. The van der Waals surface area contributed by atoms with E-state index in [2.05, 4.69) is 21.2 Å². The van der Waals surface area contributed by atoms with Gasteiger partial charge in [-0.25, -0.2) is 4.39 Å². The van der Waals surface area contributed by atoms with Gasteiger partial charge in [0.25, 0.3) is 0 Å². The van der Waals surface area contributed by atoms with Crippen molar-refractivity contribution in [2.45, 2.75) is 45.3 Å². The van der Waals surface area contributed by atoms with Crippen molar-refractivity contribution in [3.8, 4) is 0 Å². The summed E-state index contributed by atoms with van der Waals surface area (Å²) in [5, 5.41) is 13.6. The summed E-state index contributed by atoms with van der Waals surface area (Å²) in [6.07, 6.45) is 0.397. The van der Waals surface area contributed by atoms with Crippen molar-refractivity contribution in [3.63, 3.8) is 0 Å². The summed E-state index contributed by atoms with van der Waals surface area (Å²) < 4.78 is 14.0. The lowest BCUT2D eigenvalue weighted by atomic mass is 9.95. The quantitative estimate of drug-likeness (QED) is 0.893. The van der Waals surface area contributed by atoms with Gasteiger partial charge in [0.2, 0.25) is 0 Å². The molecule has 0 fully saturated rings. The summed E-state index contributed by atoms with van der Waals surface area (Å²) in [7, 11) is 0. The molecule has 102 valence electrons. The summed E-state index contributed by atoms with van der Waals surface area (Å²) in [6.45, 7) is 8.34. The Balaban J connectivity index is 2.72. The van der Waals surface area contributed by atoms with E-state index in [1.54, 1.807) is 13.0 Å². The molecular formula is C14H21BrFNO. The number of nitrogens with one attached hydrogen (secondary N) is 1. The Hall–Kier alpha value is -0.450. The smallest absolute Gasteiger partial charge is 0.123 e. The highest BCUT2D eigenvalue weighted by atomic mass is 79.9. The first-order valence-corrected chi connectivity index (χ1v) is 6.80. The molecule has 0 saturated heterocycles. The Bertz CT molecular complexity index is 413. The first kappa shape index (κ1) is 15.6. The van der Waals surface area contributed by atoms with E-state index in [1.165, 1.54) is 12.1 Å². The molecule has 18 heavy (non-hydrogen) atoms. The van der Waals surface area contributed by atoms with Gasteiger partial charge in [-0.05, 0) is 51.5 Å². The van der Waals surface area contributed by atoms with Crippen LogP contribution < -0.4 is 5.32 Å². The Labute approximate surface area is 117 Å². The van der Waals surface area contributed by atoms with Crippen LogP contribution in [0.25, 0.3) is 0 Å². The van der Waals surface area contributed by atoms with Gasteiger partial charge in [-0.15, -0.1) is 0 Å². The van der Waals surface area contributed by atoms with E-state index < -0.39 is 5.60 Å². The third-order valence-corrected chi connectivity index (χ3v) is 3.35. The van der Waals surface area contributed by atoms with Gasteiger partial charge in [0, 0.05) is 23.0 Å². The van der Waals surface area contributed by atoms with Gasteiger partial charge >= 0.3 is 0 Å². The zero-order valence-corrected chi connectivity index (χ0v) is 12.9. The second-order valence-electron chi connectivity index (χ2n) is 6.01. The largest absolute Gasteiger partial charge is 0.389 e. The molecule has 0 heterocycles. The standard InChI is InChI=1S/C14H21BrFNO/c1-13(2,3)17-9-14(4,18)8-10-7-11(16)5-6-12(10)15/h5-7,17-18H,8-9H2,1-4H3. The minimum absolute atomic E-state index is 0.0524. The fourth-order valence-corrected chi connectivity index (χ4v) is 1.99. The molecule has 1 unspecified atom stereocenters. The molecule has 0 aliphatic rings. The van der Waals surface area contributed by atoms with Crippen LogP contribution in [-0.2, 0) is 6.42 Å². The van der Waals surface area contributed by atoms with Crippen LogP contribution in [0.5, 0.6) is 0 Å². The second kappa shape index (κ2) is 5.68. The normalized spacial score (nSPS) is 15.5. The maximum absolute atomic E-state index is 13.2. The van der Waals surface area contributed by atoms with Crippen LogP contribution in [0.2, 0.25) is 0 Å². The van der Waals surface area contributed by atoms with Gasteiger partial charge in [0.15, 0.2) is 0 Å². The van der Waals surface area contributed by atoms with Crippen LogP contribution in [0.15, 0.2) is 22.7 Å². The Morgan fingerprint density at radius 2 is 1.89 bits per heavy atom. The number of hydrogen-bond acceptors (Lipinski definition) is 2. The average molecular weight is 318 g/mol. The van der Waals surface area contributed by atoms with Crippen molar-refractivity contribution >= 4 is 15.9 Å². The molecule has 1 atom stereocenters. The molecule has 0 aliphatic heterocycles. The van der Waals surface area contributed by atoms with Crippen LogP contribution in [-0.4, -0.2) is 22.8 Å². The fourth-order valence-electron chi connectivity index (χ4n) is 1.61. The molecule has 0 aromatic heterocycles. The summed E-state index contributed by atoms with van der Waals surface area (Å²) in [5.74, 6) is -0.284. The van der Waals surface area contributed by atoms with Crippen LogP contribution in [0.3, 0.4) is 0 Å². The summed E-state index contributed by atoms with van der Waals surface area (Å²) in [6, 6.07) is 4.52. The molecule has 0 radical (unpaired) electrons. The van der Waals surface area contributed by atoms with Gasteiger partial charge < -0.3 is 10.4 Å². The molecule has 0 saturated carbocycles. The van der Waals surface area contributed by atoms with Gasteiger partial charge in [-0.3, -0.25) is 0 Å². The molecule has 0 bridgehead atoms. The van der Waals surface area contributed by atoms with Crippen LogP contribution >= 0.6 is 15.9 Å².